The van der Waals surface area contributed by atoms with Crippen LogP contribution in [0.4, 0.5) is 0 Å². The summed E-state index contributed by atoms with van der Waals surface area (Å²) in [7, 11) is 0. The van der Waals surface area contributed by atoms with Crippen molar-refractivity contribution in [2.24, 2.45) is 0 Å². The zero-order chi connectivity index (χ0) is 24.6. The van der Waals surface area contributed by atoms with Gasteiger partial charge in [0, 0.05) is 19.3 Å². The predicted molar refractivity (Wildman–Crippen MR) is 127 cm³/mol. The van der Waals surface area contributed by atoms with Gasteiger partial charge in [-0.2, -0.15) is 0 Å². The zero-order valence-electron chi connectivity index (χ0n) is 20.6. The largest absolute Gasteiger partial charge is 0.477 e. The van der Waals surface area contributed by atoms with Gasteiger partial charge in [-0.05, 0) is 38.2 Å². The minimum absolute atomic E-state index is 0.0971. The molecule has 0 aliphatic heterocycles. The normalized spacial score (nSPS) is 16.4. The second-order valence-electron chi connectivity index (χ2n) is 8.78. The molecule has 0 heterocycles. The van der Waals surface area contributed by atoms with Gasteiger partial charge in [0.05, 0.1) is 6.54 Å². The van der Waals surface area contributed by atoms with Gasteiger partial charge >= 0.3 is 17.9 Å². The molecular weight excluding hydrogens is 410 g/mol. The third-order valence-corrected chi connectivity index (χ3v) is 6.34. The third-order valence-electron chi connectivity index (χ3n) is 6.34. The number of rotatable bonds is 20. The lowest BCUT2D eigenvalue weighted by Crippen LogP contribution is -2.72. The van der Waals surface area contributed by atoms with E-state index >= 15 is 0 Å². The lowest BCUT2D eigenvalue weighted by atomic mass is 9.92. The van der Waals surface area contributed by atoms with Crippen LogP contribution in [0, 0.1) is 0 Å². The molecule has 3 unspecified atom stereocenters. The number of nitrogens with zero attached hydrogens (tertiary/aromatic N) is 1. The second-order valence-corrected chi connectivity index (χ2v) is 8.78. The number of carboxylic acids is 3. The highest BCUT2D eigenvalue weighted by molar-refractivity contribution is 5.78. The SMILES string of the molecule is CCCCCCC/C=C/C[N+](C(CCC)C(=O)O)(C(CCC)C(=O)O)C(CCC)C(=O)O. The molecule has 3 atom stereocenters. The fraction of sp³-hybridized carbons (Fsp3) is 0.800. The van der Waals surface area contributed by atoms with E-state index < -0.39 is 40.5 Å². The van der Waals surface area contributed by atoms with Crippen LogP contribution in [0.25, 0.3) is 0 Å². The van der Waals surface area contributed by atoms with E-state index in [1.807, 2.05) is 32.9 Å². The van der Waals surface area contributed by atoms with Crippen LogP contribution in [-0.2, 0) is 14.4 Å². The van der Waals surface area contributed by atoms with Gasteiger partial charge in [0.1, 0.15) is 0 Å². The lowest BCUT2D eigenvalue weighted by Gasteiger charge is -2.49. The van der Waals surface area contributed by atoms with E-state index in [0.29, 0.717) is 19.3 Å². The van der Waals surface area contributed by atoms with E-state index in [1.165, 1.54) is 19.3 Å². The fourth-order valence-electron chi connectivity index (χ4n) is 4.80. The minimum Gasteiger partial charge on any atom is -0.477 e. The Labute approximate surface area is 194 Å². The third kappa shape index (κ3) is 8.93. The van der Waals surface area contributed by atoms with Gasteiger partial charge in [-0.3, -0.25) is 4.48 Å². The lowest BCUT2D eigenvalue weighted by molar-refractivity contribution is -0.968. The van der Waals surface area contributed by atoms with E-state index in [0.717, 1.165) is 19.3 Å². The average Bonchev–Trinajstić information content (AvgIpc) is 2.73. The molecule has 7 nitrogen and oxygen atoms in total. The zero-order valence-corrected chi connectivity index (χ0v) is 20.6. The first-order chi connectivity index (χ1) is 15.2. The Hall–Kier alpha value is -1.89. The highest BCUT2D eigenvalue weighted by Crippen LogP contribution is 2.33. The Kier molecular flexibility index (Phi) is 15.7. The molecule has 7 heteroatoms. The quantitative estimate of drug-likeness (QED) is 0.127. The summed E-state index contributed by atoms with van der Waals surface area (Å²) in [4.78, 5) is 37.2. The van der Waals surface area contributed by atoms with Crippen molar-refractivity contribution in [2.75, 3.05) is 6.54 Å². The molecule has 32 heavy (non-hydrogen) atoms. The standard InChI is InChI=1S/C25H45NO6/c1-5-9-10-11-12-13-14-15-19-26(20(16-6-2)23(27)28,21(17-7-3)24(29)30)22(18-8-4)25(31)32/h14-15,20-22H,5-13,16-19H2,1-4H3,(H2-,27,28,29,30,31,32)/p+1/b15-14+. The number of hydrogen-bond donors (Lipinski definition) is 3. The number of unbranched alkanes of at least 4 members (excludes halogenated alkanes) is 5. The van der Waals surface area contributed by atoms with E-state index in [4.69, 9.17) is 0 Å². The topological polar surface area (TPSA) is 112 Å². The Morgan fingerprint density at radius 3 is 1.38 bits per heavy atom. The first-order valence-electron chi connectivity index (χ1n) is 12.4. The van der Waals surface area contributed by atoms with E-state index in [-0.39, 0.29) is 25.8 Å². The molecule has 0 aromatic heterocycles. The molecule has 0 radical (unpaired) electrons. The Bertz CT molecular complexity index is 529. The Balaban J connectivity index is 6.30. The number of allylic oxidation sites excluding steroid dienone is 1. The van der Waals surface area contributed by atoms with E-state index in [2.05, 4.69) is 6.92 Å². The van der Waals surface area contributed by atoms with Crippen LogP contribution in [-0.4, -0.2) is 62.4 Å². The van der Waals surface area contributed by atoms with Gasteiger partial charge in [-0.25, -0.2) is 14.4 Å². The Morgan fingerprint density at radius 1 is 0.625 bits per heavy atom. The summed E-state index contributed by atoms with van der Waals surface area (Å²) in [6.07, 6.45) is 12.6. The number of carboxylic acid groups (broad SMARTS) is 3. The molecule has 0 aliphatic rings. The van der Waals surface area contributed by atoms with Crippen LogP contribution >= 0.6 is 0 Å². The molecule has 3 N–H and O–H groups in total. The van der Waals surface area contributed by atoms with Crippen LogP contribution in [0.2, 0.25) is 0 Å². The van der Waals surface area contributed by atoms with Crippen molar-refractivity contribution in [3.05, 3.63) is 12.2 Å². The molecule has 0 fully saturated rings. The van der Waals surface area contributed by atoms with Gasteiger partial charge in [0.2, 0.25) is 0 Å². The molecule has 186 valence electrons. The van der Waals surface area contributed by atoms with E-state index in [9.17, 15) is 29.7 Å². The first-order valence-corrected chi connectivity index (χ1v) is 12.4. The monoisotopic (exact) mass is 456 g/mol. The number of hydrogen-bond acceptors (Lipinski definition) is 3. The number of carbonyl (C=O) groups is 3. The second kappa shape index (κ2) is 16.7. The Morgan fingerprint density at radius 2 is 1.03 bits per heavy atom. The molecule has 0 aromatic rings. The van der Waals surface area contributed by atoms with Crippen molar-refractivity contribution in [2.45, 2.75) is 123 Å². The van der Waals surface area contributed by atoms with Crippen LogP contribution < -0.4 is 0 Å². The van der Waals surface area contributed by atoms with Crippen molar-refractivity contribution in [3.63, 3.8) is 0 Å². The summed E-state index contributed by atoms with van der Waals surface area (Å²) in [5, 5.41) is 30.4. The number of quaternary nitrogens is 1. The van der Waals surface area contributed by atoms with Crippen LogP contribution in [0.15, 0.2) is 12.2 Å². The summed E-state index contributed by atoms with van der Waals surface area (Å²) in [5.41, 5.74) is 0. The molecule has 0 spiro atoms. The minimum atomic E-state index is -1.12. The number of aliphatic carboxylic acids is 3. The summed E-state index contributed by atoms with van der Waals surface area (Å²) in [5.74, 6) is -3.36. The van der Waals surface area contributed by atoms with Gasteiger partial charge < -0.3 is 15.3 Å². The molecular formula is C25H46NO6+. The highest BCUT2D eigenvalue weighted by Gasteiger charge is 2.56. The van der Waals surface area contributed by atoms with Crippen molar-refractivity contribution in [1.29, 1.82) is 0 Å². The van der Waals surface area contributed by atoms with Gasteiger partial charge in [0.25, 0.3) is 0 Å². The predicted octanol–water partition coefficient (Wildman–Crippen LogP) is 5.48. The molecule has 0 saturated heterocycles. The van der Waals surface area contributed by atoms with Gasteiger partial charge in [-0.1, -0.05) is 59.5 Å². The molecule has 0 rings (SSSR count). The maximum atomic E-state index is 12.4. The van der Waals surface area contributed by atoms with Crippen molar-refractivity contribution >= 4 is 17.9 Å². The molecule has 0 saturated carbocycles. The maximum absolute atomic E-state index is 12.4. The molecule has 0 amide bonds. The van der Waals surface area contributed by atoms with Crippen LogP contribution in [0.5, 0.6) is 0 Å². The molecule has 0 bridgehead atoms. The first kappa shape index (κ1) is 30.1. The van der Waals surface area contributed by atoms with Crippen molar-refractivity contribution in [1.82, 2.24) is 0 Å². The van der Waals surface area contributed by atoms with Gasteiger partial charge in [0.15, 0.2) is 18.1 Å². The van der Waals surface area contributed by atoms with Crippen molar-refractivity contribution in [3.8, 4) is 0 Å². The smallest absolute Gasteiger partial charge is 0.362 e. The summed E-state index contributed by atoms with van der Waals surface area (Å²) < 4.78 is -0.456. The van der Waals surface area contributed by atoms with Crippen molar-refractivity contribution < 1.29 is 34.2 Å². The molecule has 0 aromatic carbocycles. The van der Waals surface area contributed by atoms with Crippen LogP contribution in [0.3, 0.4) is 0 Å². The highest BCUT2D eigenvalue weighted by atomic mass is 16.4. The summed E-state index contributed by atoms with van der Waals surface area (Å²) in [6, 6.07) is -3.27. The molecule has 0 aliphatic carbocycles. The summed E-state index contributed by atoms with van der Waals surface area (Å²) >= 11 is 0. The average molecular weight is 457 g/mol. The fourth-order valence-corrected chi connectivity index (χ4v) is 4.80. The van der Waals surface area contributed by atoms with Gasteiger partial charge in [-0.15, -0.1) is 0 Å². The van der Waals surface area contributed by atoms with Crippen LogP contribution in [0.1, 0.15) is 105 Å². The summed E-state index contributed by atoms with van der Waals surface area (Å²) in [6.45, 7) is 7.81. The van der Waals surface area contributed by atoms with E-state index in [1.54, 1.807) is 0 Å². The maximum Gasteiger partial charge on any atom is 0.362 e.